The van der Waals surface area contributed by atoms with Gasteiger partial charge in [0.15, 0.2) is 0 Å². The van der Waals surface area contributed by atoms with Crippen molar-refractivity contribution in [3.05, 3.63) is 56.9 Å². The minimum absolute atomic E-state index is 0.0332. The van der Waals surface area contributed by atoms with Crippen LogP contribution in [-0.2, 0) is 6.54 Å². The van der Waals surface area contributed by atoms with Crippen molar-refractivity contribution in [2.45, 2.75) is 19.4 Å². The summed E-state index contributed by atoms with van der Waals surface area (Å²) >= 11 is 3.54. The number of fused-ring (bicyclic) bond motifs is 3. The molecule has 1 fully saturated rings. The van der Waals surface area contributed by atoms with Crippen LogP contribution in [0.2, 0.25) is 0 Å². The fourth-order valence-electron chi connectivity index (χ4n) is 3.77. The van der Waals surface area contributed by atoms with Crippen LogP contribution in [0.1, 0.15) is 18.4 Å². The summed E-state index contributed by atoms with van der Waals surface area (Å²) in [6.45, 7) is 5.38. The molecule has 0 aliphatic carbocycles. The average molecular weight is 400 g/mol. The number of nitrogens with zero attached hydrogens (tertiary/aromatic N) is 1. The zero-order valence-corrected chi connectivity index (χ0v) is 15.7. The van der Waals surface area contributed by atoms with Crippen LogP contribution in [0.4, 0.5) is 0 Å². The zero-order chi connectivity index (χ0) is 17.2. The topological polar surface area (TPSA) is 48.1 Å². The molecule has 1 aliphatic heterocycles. The van der Waals surface area contributed by atoms with Gasteiger partial charge in [0.1, 0.15) is 0 Å². The van der Waals surface area contributed by atoms with Crippen LogP contribution in [0.15, 0.2) is 45.8 Å². The number of nitrogens with one attached hydrogen (secondary N) is 2. The molecule has 0 spiro atoms. The first-order chi connectivity index (χ1) is 12.2. The Balaban J connectivity index is 1.64. The Morgan fingerprint density at radius 1 is 1.12 bits per heavy atom. The number of aromatic amines is 1. The molecule has 2 aromatic carbocycles. The van der Waals surface area contributed by atoms with Crippen LogP contribution in [0, 0.1) is 0 Å². The van der Waals surface area contributed by atoms with Crippen molar-refractivity contribution in [3.8, 4) is 0 Å². The number of H-pyrrole nitrogens is 1. The van der Waals surface area contributed by atoms with E-state index in [1.807, 2.05) is 18.2 Å². The fourth-order valence-corrected chi connectivity index (χ4v) is 4.13. The van der Waals surface area contributed by atoms with Crippen molar-refractivity contribution in [3.63, 3.8) is 0 Å². The molecule has 0 atom stereocenters. The highest BCUT2D eigenvalue weighted by atomic mass is 79.9. The maximum absolute atomic E-state index is 12.3. The number of rotatable bonds is 5. The third-order valence-corrected chi connectivity index (χ3v) is 5.53. The van der Waals surface area contributed by atoms with Crippen molar-refractivity contribution in [2.75, 3.05) is 26.2 Å². The number of likely N-dealkylation sites (tertiary alicyclic amines) is 1. The summed E-state index contributed by atoms with van der Waals surface area (Å²) in [4.78, 5) is 17.6. The van der Waals surface area contributed by atoms with Crippen molar-refractivity contribution in [2.24, 2.45) is 0 Å². The highest BCUT2D eigenvalue weighted by molar-refractivity contribution is 9.10. The quantitative estimate of drug-likeness (QED) is 0.508. The van der Waals surface area contributed by atoms with Gasteiger partial charge < -0.3 is 15.2 Å². The molecule has 1 aromatic heterocycles. The third kappa shape index (κ3) is 3.50. The monoisotopic (exact) mass is 399 g/mol. The molecule has 25 heavy (non-hydrogen) atoms. The number of pyridine rings is 1. The Bertz CT molecular complexity index is 960. The molecule has 3 aromatic rings. The smallest absolute Gasteiger partial charge is 0.256 e. The lowest BCUT2D eigenvalue weighted by atomic mass is 9.98. The predicted octanol–water partition coefficient (Wildman–Crippen LogP) is 3.63. The van der Waals surface area contributed by atoms with Gasteiger partial charge in [0, 0.05) is 30.3 Å². The highest BCUT2D eigenvalue weighted by Gasteiger charge is 2.12. The van der Waals surface area contributed by atoms with Crippen molar-refractivity contribution < 1.29 is 0 Å². The Kier molecular flexibility index (Phi) is 4.88. The van der Waals surface area contributed by atoms with Gasteiger partial charge in [-0.2, -0.15) is 0 Å². The van der Waals surface area contributed by atoms with E-state index in [1.54, 1.807) is 6.20 Å². The van der Waals surface area contributed by atoms with Crippen LogP contribution in [0.3, 0.4) is 0 Å². The summed E-state index contributed by atoms with van der Waals surface area (Å²) < 4.78 is 0.990. The van der Waals surface area contributed by atoms with E-state index in [0.717, 1.165) is 45.7 Å². The Morgan fingerprint density at radius 3 is 2.80 bits per heavy atom. The van der Waals surface area contributed by atoms with Gasteiger partial charge in [0.25, 0.3) is 5.56 Å². The Labute approximate surface area is 155 Å². The highest BCUT2D eigenvalue weighted by Crippen LogP contribution is 2.29. The second-order valence-electron chi connectivity index (χ2n) is 6.72. The van der Waals surface area contributed by atoms with Gasteiger partial charge >= 0.3 is 0 Å². The van der Waals surface area contributed by atoms with E-state index in [-0.39, 0.29) is 5.56 Å². The normalized spacial score (nSPS) is 15.4. The van der Waals surface area contributed by atoms with Crippen LogP contribution < -0.4 is 10.9 Å². The van der Waals surface area contributed by atoms with Crippen LogP contribution in [-0.4, -0.2) is 36.1 Å². The summed E-state index contributed by atoms with van der Waals surface area (Å²) in [6.07, 6.45) is 4.39. The van der Waals surface area contributed by atoms with Gasteiger partial charge in [-0.15, -0.1) is 0 Å². The van der Waals surface area contributed by atoms with E-state index in [1.165, 1.54) is 31.5 Å². The minimum Gasteiger partial charge on any atom is -0.329 e. The van der Waals surface area contributed by atoms with E-state index in [9.17, 15) is 4.79 Å². The Hall–Kier alpha value is -1.69. The summed E-state index contributed by atoms with van der Waals surface area (Å²) in [5.41, 5.74) is 1.20. The van der Waals surface area contributed by atoms with Crippen LogP contribution in [0.25, 0.3) is 21.5 Å². The maximum Gasteiger partial charge on any atom is 0.256 e. The second-order valence-corrected chi connectivity index (χ2v) is 7.64. The summed E-state index contributed by atoms with van der Waals surface area (Å²) in [7, 11) is 0. The molecule has 1 saturated heterocycles. The number of hydrogen-bond donors (Lipinski definition) is 2. The Morgan fingerprint density at radius 2 is 1.96 bits per heavy atom. The molecular weight excluding hydrogens is 378 g/mol. The minimum atomic E-state index is -0.0332. The van der Waals surface area contributed by atoms with Crippen LogP contribution in [0.5, 0.6) is 0 Å². The molecule has 0 bridgehead atoms. The molecular formula is C20H22BrN3O. The maximum atomic E-state index is 12.3. The van der Waals surface area contributed by atoms with E-state index in [4.69, 9.17) is 0 Å². The SMILES string of the molecule is O=c1[nH]ccc2cc(CNCCN3CCCC3)c3ccc(Br)cc3c12. The lowest BCUT2D eigenvalue weighted by Gasteiger charge is -2.16. The number of halogens is 1. The molecule has 2 N–H and O–H groups in total. The van der Waals surface area contributed by atoms with E-state index < -0.39 is 0 Å². The van der Waals surface area contributed by atoms with Crippen molar-refractivity contribution in [1.82, 2.24) is 15.2 Å². The molecule has 0 radical (unpaired) electrons. The van der Waals surface area contributed by atoms with Gasteiger partial charge in [0.05, 0.1) is 5.39 Å². The van der Waals surface area contributed by atoms with E-state index in [2.05, 4.69) is 43.3 Å². The number of aromatic nitrogens is 1. The molecule has 1 aliphatic rings. The molecule has 4 rings (SSSR count). The molecule has 0 unspecified atom stereocenters. The standard InChI is InChI=1S/C20H22BrN3O/c21-16-3-4-17-15(13-22-7-10-24-8-1-2-9-24)11-14-5-6-23-20(25)19(14)18(17)12-16/h3-6,11-12,22H,1-2,7-10,13H2,(H,23,25). The van der Waals surface area contributed by atoms with Crippen molar-refractivity contribution in [1.29, 1.82) is 0 Å². The second kappa shape index (κ2) is 7.28. The molecule has 5 heteroatoms. The van der Waals surface area contributed by atoms with Gasteiger partial charge in [-0.25, -0.2) is 0 Å². The van der Waals surface area contributed by atoms with Gasteiger partial charge in [0.2, 0.25) is 0 Å². The first-order valence-corrected chi connectivity index (χ1v) is 9.67. The largest absolute Gasteiger partial charge is 0.329 e. The lowest BCUT2D eigenvalue weighted by Crippen LogP contribution is -2.29. The van der Waals surface area contributed by atoms with Gasteiger partial charge in [-0.3, -0.25) is 4.79 Å². The predicted molar refractivity (Wildman–Crippen MR) is 107 cm³/mol. The molecule has 0 saturated carbocycles. The molecule has 2 heterocycles. The van der Waals surface area contributed by atoms with Crippen molar-refractivity contribution >= 4 is 37.5 Å². The summed E-state index contributed by atoms with van der Waals surface area (Å²) in [5.74, 6) is 0. The summed E-state index contributed by atoms with van der Waals surface area (Å²) in [5, 5.41) is 7.47. The molecule has 4 nitrogen and oxygen atoms in total. The zero-order valence-electron chi connectivity index (χ0n) is 14.1. The lowest BCUT2D eigenvalue weighted by molar-refractivity contribution is 0.336. The fraction of sp³-hybridized carbons (Fsp3) is 0.350. The van der Waals surface area contributed by atoms with E-state index >= 15 is 0 Å². The first-order valence-electron chi connectivity index (χ1n) is 8.88. The van der Waals surface area contributed by atoms with Gasteiger partial charge in [-0.05, 0) is 71.9 Å². The molecule has 130 valence electrons. The third-order valence-electron chi connectivity index (χ3n) is 5.04. The first kappa shape index (κ1) is 16.8. The van der Waals surface area contributed by atoms with Crippen LogP contribution >= 0.6 is 15.9 Å². The summed E-state index contributed by atoms with van der Waals surface area (Å²) in [6, 6.07) is 10.3. The molecule has 0 amide bonds. The number of hydrogen-bond acceptors (Lipinski definition) is 3. The van der Waals surface area contributed by atoms with E-state index in [0.29, 0.717) is 0 Å². The van der Waals surface area contributed by atoms with Gasteiger partial charge in [-0.1, -0.05) is 22.0 Å². The number of benzene rings is 2. The average Bonchev–Trinajstić information content (AvgIpc) is 3.11.